The van der Waals surface area contributed by atoms with E-state index in [1.807, 2.05) is 0 Å². The second kappa shape index (κ2) is 6.59. The summed E-state index contributed by atoms with van der Waals surface area (Å²) < 4.78 is 0. The van der Waals surface area contributed by atoms with Gasteiger partial charge in [-0.1, -0.05) is 32.6 Å². The van der Waals surface area contributed by atoms with E-state index in [1.54, 1.807) is 0 Å². The number of hydrogen-bond donors (Lipinski definition) is 3. The van der Waals surface area contributed by atoms with E-state index in [-0.39, 0.29) is 11.3 Å². The summed E-state index contributed by atoms with van der Waals surface area (Å²) in [4.78, 5) is 15.1. The van der Waals surface area contributed by atoms with E-state index in [2.05, 4.69) is 17.2 Å². The van der Waals surface area contributed by atoms with Gasteiger partial charge in [-0.3, -0.25) is 0 Å². The van der Waals surface area contributed by atoms with Gasteiger partial charge in [-0.15, -0.1) is 0 Å². The molecule has 4 N–H and O–H groups in total. The first kappa shape index (κ1) is 14.6. The van der Waals surface area contributed by atoms with Crippen molar-refractivity contribution in [2.24, 2.45) is 11.8 Å². The number of rotatable bonds is 5. The van der Waals surface area contributed by atoms with Crippen LogP contribution in [0.25, 0.3) is 0 Å². The van der Waals surface area contributed by atoms with E-state index in [0.29, 0.717) is 5.82 Å². The number of carbonyl (C=O) groups is 1. The first-order chi connectivity index (χ1) is 9.58. The Bertz CT molecular complexity index is 468. The lowest BCUT2D eigenvalue weighted by molar-refractivity contribution is 0.0698. The molecule has 20 heavy (non-hydrogen) atoms. The molecule has 0 aliphatic heterocycles. The van der Waals surface area contributed by atoms with Crippen molar-refractivity contribution < 1.29 is 9.90 Å². The predicted octanol–water partition coefficient (Wildman–Crippen LogP) is 2.99. The highest BCUT2D eigenvalue weighted by molar-refractivity contribution is 5.96. The molecule has 1 aromatic rings. The maximum atomic E-state index is 11.0. The largest absolute Gasteiger partial charge is 0.478 e. The Labute approximate surface area is 119 Å². The second-order valence-corrected chi connectivity index (χ2v) is 5.77. The summed E-state index contributed by atoms with van der Waals surface area (Å²) in [6.07, 6.45) is 7.79. The van der Waals surface area contributed by atoms with Crippen molar-refractivity contribution in [2.45, 2.75) is 39.0 Å². The number of nitrogens with one attached hydrogen (secondary N) is 1. The molecule has 1 aliphatic rings. The number of aromatic nitrogens is 1. The summed E-state index contributed by atoms with van der Waals surface area (Å²) in [5.74, 6) is 1.09. The fourth-order valence-corrected chi connectivity index (χ4v) is 2.81. The number of nitrogen functional groups attached to an aromatic ring is 1. The molecular formula is C15H23N3O2. The summed E-state index contributed by atoms with van der Waals surface area (Å²) in [5, 5.41) is 12.2. The molecule has 0 unspecified atom stereocenters. The molecular weight excluding hydrogens is 254 g/mol. The molecule has 0 amide bonds. The van der Waals surface area contributed by atoms with Crippen LogP contribution in [-0.4, -0.2) is 22.6 Å². The molecule has 0 bridgehead atoms. The standard InChI is InChI=1S/C15H23N3O2/c1-10-2-4-11(5-3-10)6-8-17-14-13(16)12(15(19)20)7-9-18-14/h7,9-11H,2-6,8,16H2,1H3,(H,17,18)(H,19,20). The average molecular weight is 277 g/mol. The molecule has 1 aromatic heterocycles. The van der Waals surface area contributed by atoms with Gasteiger partial charge in [-0.25, -0.2) is 9.78 Å². The van der Waals surface area contributed by atoms with Crippen molar-refractivity contribution >= 4 is 17.5 Å². The van der Waals surface area contributed by atoms with Crippen LogP contribution in [0.2, 0.25) is 0 Å². The van der Waals surface area contributed by atoms with Gasteiger partial charge in [0.15, 0.2) is 0 Å². The minimum Gasteiger partial charge on any atom is -0.478 e. The molecule has 5 heteroatoms. The van der Waals surface area contributed by atoms with Gasteiger partial charge in [-0.2, -0.15) is 0 Å². The molecule has 110 valence electrons. The van der Waals surface area contributed by atoms with Crippen LogP contribution in [0.5, 0.6) is 0 Å². The molecule has 0 aromatic carbocycles. The van der Waals surface area contributed by atoms with Crippen molar-refractivity contribution in [1.82, 2.24) is 4.98 Å². The smallest absolute Gasteiger partial charge is 0.337 e. The third-order valence-electron chi connectivity index (χ3n) is 4.20. The number of aromatic carboxylic acids is 1. The van der Waals surface area contributed by atoms with Gasteiger partial charge in [0.05, 0.1) is 11.3 Å². The van der Waals surface area contributed by atoms with Crippen LogP contribution >= 0.6 is 0 Å². The number of nitrogens with zero attached hydrogens (tertiary/aromatic N) is 1. The Morgan fingerprint density at radius 3 is 2.80 bits per heavy atom. The number of carboxylic acid groups (broad SMARTS) is 1. The van der Waals surface area contributed by atoms with Gasteiger partial charge in [-0.05, 0) is 24.3 Å². The predicted molar refractivity (Wildman–Crippen MR) is 79.8 cm³/mol. The van der Waals surface area contributed by atoms with Gasteiger partial charge in [0, 0.05) is 12.7 Å². The SMILES string of the molecule is CC1CCC(CCNc2nccc(C(=O)O)c2N)CC1. The number of anilines is 2. The fourth-order valence-electron chi connectivity index (χ4n) is 2.81. The Balaban J connectivity index is 1.85. The van der Waals surface area contributed by atoms with Crippen LogP contribution in [0.4, 0.5) is 11.5 Å². The number of nitrogens with two attached hydrogens (primary N) is 1. The zero-order chi connectivity index (χ0) is 14.5. The van der Waals surface area contributed by atoms with Crippen molar-refractivity contribution in [3.8, 4) is 0 Å². The van der Waals surface area contributed by atoms with E-state index in [0.717, 1.165) is 24.8 Å². The highest BCUT2D eigenvalue weighted by Crippen LogP contribution is 2.30. The topological polar surface area (TPSA) is 88.2 Å². The van der Waals surface area contributed by atoms with E-state index in [9.17, 15) is 4.79 Å². The maximum Gasteiger partial charge on any atom is 0.337 e. The molecule has 1 aliphatic carbocycles. The quantitative estimate of drug-likeness (QED) is 0.770. The van der Waals surface area contributed by atoms with Crippen LogP contribution in [-0.2, 0) is 0 Å². The Morgan fingerprint density at radius 2 is 2.15 bits per heavy atom. The fraction of sp³-hybridized carbons (Fsp3) is 0.600. The van der Waals surface area contributed by atoms with Crippen molar-refractivity contribution in [2.75, 3.05) is 17.6 Å². The molecule has 0 radical (unpaired) electrons. The van der Waals surface area contributed by atoms with Gasteiger partial charge in [0.25, 0.3) is 0 Å². The highest BCUT2D eigenvalue weighted by atomic mass is 16.4. The average Bonchev–Trinajstić information content (AvgIpc) is 2.42. The van der Waals surface area contributed by atoms with Crippen molar-refractivity contribution in [3.63, 3.8) is 0 Å². The lowest BCUT2D eigenvalue weighted by atomic mass is 9.81. The van der Waals surface area contributed by atoms with Crippen LogP contribution in [0.3, 0.4) is 0 Å². The second-order valence-electron chi connectivity index (χ2n) is 5.77. The van der Waals surface area contributed by atoms with E-state index in [1.165, 1.54) is 37.9 Å². The van der Waals surface area contributed by atoms with Crippen LogP contribution < -0.4 is 11.1 Å². The van der Waals surface area contributed by atoms with Crippen LogP contribution in [0.15, 0.2) is 12.3 Å². The number of hydrogen-bond acceptors (Lipinski definition) is 4. The summed E-state index contributed by atoms with van der Waals surface area (Å²) in [5.41, 5.74) is 6.14. The maximum absolute atomic E-state index is 11.0. The molecule has 5 nitrogen and oxygen atoms in total. The first-order valence-electron chi connectivity index (χ1n) is 7.29. The zero-order valence-electron chi connectivity index (χ0n) is 11.9. The third kappa shape index (κ3) is 3.62. The molecule has 0 spiro atoms. The number of carboxylic acids is 1. The van der Waals surface area contributed by atoms with Crippen LogP contribution in [0, 0.1) is 11.8 Å². The molecule has 0 atom stereocenters. The zero-order valence-corrected chi connectivity index (χ0v) is 11.9. The summed E-state index contributed by atoms with van der Waals surface area (Å²) in [6, 6.07) is 1.42. The van der Waals surface area contributed by atoms with Crippen molar-refractivity contribution in [3.05, 3.63) is 17.8 Å². The lowest BCUT2D eigenvalue weighted by Crippen LogP contribution is -2.17. The Hall–Kier alpha value is -1.78. The first-order valence-corrected chi connectivity index (χ1v) is 7.29. The lowest BCUT2D eigenvalue weighted by Gasteiger charge is -2.26. The number of pyridine rings is 1. The molecule has 0 saturated heterocycles. The summed E-state index contributed by atoms with van der Waals surface area (Å²) in [6.45, 7) is 3.11. The van der Waals surface area contributed by atoms with Crippen LogP contribution in [0.1, 0.15) is 49.4 Å². The minimum absolute atomic E-state index is 0.106. The monoisotopic (exact) mass is 277 g/mol. The molecule has 1 fully saturated rings. The van der Waals surface area contributed by atoms with Crippen molar-refractivity contribution in [1.29, 1.82) is 0 Å². The third-order valence-corrected chi connectivity index (χ3v) is 4.20. The van der Waals surface area contributed by atoms with Gasteiger partial charge in [0.2, 0.25) is 0 Å². The highest BCUT2D eigenvalue weighted by Gasteiger charge is 2.18. The van der Waals surface area contributed by atoms with Gasteiger partial charge < -0.3 is 16.2 Å². The Morgan fingerprint density at radius 1 is 1.45 bits per heavy atom. The Kier molecular flexibility index (Phi) is 4.82. The van der Waals surface area contributed by atoms with E-state index in [4.69, 9.17) is 10.8 Å². The van der Waals surface area contributed by atoms with Gasteiger partial charge >= 0.3 is 5.97 Å². The van der Waals surface area contributed by atoms with E-state index < -0.39 is 5.97 Å². The van der Waals surface area contributed by atoms with Gasteiger partial charge in [0.1, 0.15) is 5.82 Å². The summed E-state index contributed by atoms with van der Waals surface area (Å²) in [7, 11) is 0. The molecule has 1 saturated carbocycles. The molecule has 1 heterocycles. The van der Waals surface area contributed by atoms with E-state index >= 15 is 0 Å². The minimum atomic E-state index is -1.02. The molecule has 2 rings (SSSR count). The summed E-state index contributed by atoms with van der Waals surface area (Å²) >= 11 is 0. The normalized spacial score (nSPS) is 22.4.